The molecule has 0 atom stereocenters. The van der Waals surface area contributed by atoms with Crippen LogP contribution in [0.3, 0.4) is 0 Å². The molecule has 0 aliphatic carbocycles. The molecule has 1 saturated heterocycles. The molecule has 1 heterocycles. The molecule has 0 bridgehead atoms. The van der Waals surface area contributed by atoms with E-state index >= 15 is 0 Å². The molecule has 1 fully saturated rings. The number of hydrogen-bond acceptors (Lipinski definition) is 3. The van der Waals surface area contributed by atoms with Crippen LogP contribution in [0.1, 0.15) is 12.8 Å². The summed E-state index contributed by atoms with van der Waals surface area (Å²) in [5.74, 6) is -0.210. The number of halogens is 2. The Morgan fingerprint density at radius 1 is 1.43 bits per heavy atom. The lowest BCUT2D eigenvalue weighted by molar-refractivity contribution is -0.130. The van der Waals surface area contributed by atoms with Crippen LogP contribution in [0, 0.1) is 5.82 Å². The zero-order valence-electron chi connectivity index (χ0n) is 12.4. The predicted molar refractivity (Wildman–Crippen MR) is 83.2 cm³/mol. The molecule has 0 spiro atoms. The van der Waals surface area contributed by atoms with Gasteiger partial charge in [-0.05, 0) is 31.0 Å². The van der Waals surface area contributed by atoms with Crippen LogP contribution >= 0.6 is 11.6 Å². The van der Waals surface area contributed by atoms with Crippen molar-refractivity contribution in [2.45, 2.75) is 18.9 Å². The van der Waals surface area contributed by atoms with Crippen molar-refractivity contribution < 1.29 is 9.18 Å². The van der Waals surface area contributed by atoms with Crippen molar-refractivity contribution in [3.8, 4) is 0 Å². The Morgan fingerprint density at radius 2 is 2.10 bits per heavy atom. The summed E-state index contributed by atoms with van der Waals surface area (Å²) in [6, 6.07) is 4.89. The van der Waals surface area contributed by atoms with Crippen molar-refractivity contribution in [1.29, 1.82) is 0 Å². The van der Waals surface area contributed by atoms with Crippen molar-refractivity contribution in [1.82, 2.24) is 9.80 Å². The van der Waals surface area contributed by atoms with Crippen LogP contribution < -0.4 is 5.32 Å². The lowest BCUT2D eigenvalue weighted by Gasteiger charge is -2.33. The van der Waals surface area contributed by atoms with Gasteiger partial charge in [0.1, 0.15) is 5.82 Å². The molecule has 2 rings (SSSR count). The van der Waals surface area contributed by atoms with Gasteiger partial charge in [0.2, 0.25) is 5.91 Å². The van der Waals surface area contributed by atoms with E-state index in [2.05, 4.69) is 10.2 Å². The molecule has 0 radical (unpaired) electrons. The Labute approximate surface area is 129 Å². The third kappa shape index (κ3) is 4.58. The smallest absolute Gasteiger partial charge is 0.236 e. The highest BCUT2D eigenvalue weighted by molar-refractivity contribution is 6.30. The number of carbonyl (C=O) groups excluding carboxylic acids is 1. The molecule has 0 unspecified atom stereocenters. The zero-order chi connectivity index (χ0) is 15.4. The highest BCUT2D eigenvalue weighted by Crippen LogP contribution is 2.22. The molecule has 1 aliphatic rings. The van der Waals surface area contributed by atoms with Gasteiger partial charge in [-0.25, -0.2) is 4.39 Å². The molecule has 1 aromatic rings. The first-order chi connectivity index (χ1) is 9.95. The maximum atomic E-state index is 13.7. The minimum atomic E-state index is -0.326. The van der Waals surface area contributed by atoms with Crippen LogP contribution in [0.5, 0.6) is 0 Å². The van der Waals surface area contributed by atoms with Crippen molar-refractivity contribution in [3.63, 3.8) is 0 Å². The summed E-state index contributed by atoms with van der Waals surface area (Å²) in [6.45, 7) is 2.13. The van der Waals surface area contributed by atoms with E-state index in [1.807, 2.05) is 0 Å². The molecule has 116 valence electrons. The average Bonchev–Trinajstić information content (AvgIpc) is 2.43. The number of likely N-dealkylation sites (tertiary alicyclic amines) is 1. The molecule has 1 aromatic carbocycles. The molecule has 0 saturated carbocycles. The molecule has 1 aliphatic heterocycles. The van der Waals surface area contributed by atoms with Crippen molar-refractivity contribution in [2.75, 3.05) is 39.0 Å². The van der Waals surface area contributed by atoms with Crippen LogP contribution in [0.25, 0.3) is 0 Å². The van der Waals surface area contributed by atoms with E-state index in [0.29, 0.717) is 17.3 Å². The number of anilines is 1. The third-order valence-corrected chi connectivity index (χ3v) is 3.97. The number of piperidine rings is 1. The van der Waals surface area contributed by atoms with Gasteiger partial charge >= 0.3 is 0 Å². The van der Waals surface area contributed by atoms with Gasteiger partial charge in [0.25, 0.3) is 0 Å². The van der Waals surface area contributed by atoms with Crippen LogP contribution in [0.2, 0.25) is 5.02 Å². The summed E-state index contributed by atoms with van der Waals surface area (Å²) >= 11 is 5.74. The summed E-state index contributed by atoms with van der Waals surface area (Å²) < 4.78 is 13.7. The molecule has 0 aromatic heterocycles. The third-order valence-electron chi connectivity index (χ3n) is 3.74. The van der Waals surface area contributed by atoms with E-state index < -0.39 is 0 Å². The monoisotopic (exact) mass is 313 g/mol. The maximum absolute atomic E-state index is 13.7. The second-order valence-corrected chi connectivity index (χ2v) is 6.04. The van der Waals surface area contributed by atoms with E-state index in [9.17, 15) is 9.18 Å². The number of benzene rings is 1. The Balaban J connectivity index is 1.83. The number of rotatable bonds is 4. The van der Waals surface area contributed by atoms with Crippen LogP contribution in [0.15, 0.2) is 18.2 Å². The quantitative estimate of drug-likeness (QED) is 0.927. The molecular weight excluding hydrogens is 293 g/mol. The van der Waals surface area contributed by atoms with Crippen molar-refractivity contribution >= 4 is 23.2 Å². The fourth-order valence-electron chi connectivity index (χ4n) is 2.39. The van der Waals surface area contributed by atoms with E-state index in [-0.39, 0.29) is 17.8 Å². The van der Waals surface area contributed by atoms with Gasteiger partial charge in [-0.3, -0.25) is 9.69 Å². The van der Waals surface area contributed by atoms with E-state index in [0.717, 1.165) is 25.9 Å². The normalized spacial score (nSPS) is 16.8. The van der Waals surface area contributed by atoms with Crippen LogP contribution in [0.4, 0.5) is 10.1 Å². The first-order valence-corrected chi connectivity index (χ1v) is 7.47. The van der Waals surface area contributed by atoms with Gasteiger partial charge in [-0.15, -0.1) is 0 Å². The SMILES string of the molecule is CN(C)C(=O)CN1CCC(Nc2ccc(Cl)cc2F)CC1. The second kappa shape index (κ2) is 7.09. The van der Waals surface area contributed by atoms with E-state index in [1.54, 1.807) is 31.1 Å². The first kappa shape index (κ1) is 16.0. The van der Waals surface area contributed by atoms with Gasteiger partial charge in [-0.2, -0.15) is 0 Å². The van der Waals surface area contributed by atoms with Gasteiger partial charge < -0.3 is 10.2 Å². The second-order valence-electron chi connectivity index (χ2n) is 5.61. The molecule has 1 N–H and O–H groups in total. The summed E-state index contributed by atoms with van der Waals surface area (Å²) in [5, 5.41) is 3.62. The summed E-state index contributed by atoms with van der Waals surface area (Å²) in [6.07, 6.45) is 1.78. The number of nitrogens with zero attached hydrogens (tertiary/aromatic N) is 2. The number of hydrogen-bond donors (Lipinski definition) is 1. The van der Waals surface area contributed by atoms with Crippen LogP contribution in [-0.4, -0.2) is 55.5 Å². The van der Waals surface area contributed by atoms with Gasteiger partial charge in [0, 0.05) is 38.2 Å². The lowest BCUT2D eigenvalue weighted by atomic mass is 10.0. The lowest BCUT2D eigenvalue weighted by Crippen LogP contribution is -2.44. The maximum Gasteiger partial charge on any atom is 0.236 e. The van der Waals surface area contributed by atoms with Crippen LogP contribution in [-0.2, 0) is 4.79 Å². The minimum Gasteiger partial charge on any atom is -0.380 e. The summed E-state index contributed by atoms with van der Waals surface area (Å²) in [4.78, 5) is 15.4. The molecule has 6 heteroatoms. The number of carbonyl (C=O) groups is 1. The number of amides is 1. The Morgan fingerprint density at radius 3 is 2.67 bits per heavy atom. The van der Waals surface area contributed by atoms with Gasteiger partial charge in [0.05, 0.1) is 12.2 Å². The highest BCUT2D eigenvalue weighted by atomic mass is 35.5. The molecule has 1 amide bonds. The van der Waals surface area contributed by atoms with E-state index in [1.165, 1.54) is 6.07 Å². The molecular formula is C15H21ClFN3O. The Hall–Kier alpha value is -1.33. The Kier molecular flexibility index (Phi) is 5.42. The van der Waals surface area contributed by atoms with Crippen molar-refractivity contribution in [2.24, 2.45) is 0 Å². The van der Waals surface area contributed by atoms with Gasteiger partial charge in [-0.1, -0.05) is 11.6 Å². The topological polar surface area (TPSA) is 35.6 Å². The summed E-state index contributed by atoms with van der Waals surface area (Å²) in [5.41, 5.74) is 0.488. The van der Waals surface area contributed by atoms with Gasteiger partial charge in [0.15, 0.2) is 0 Å². The average molecular weight is 314 g/mol. The number of likely N-dealkylation sites (N-methyl/N-ethyl adjacent to an activating group) is 1. The fourth-order valence-corrected chi connectivity index (χ4v) is 2.55. The molecule has 4 nitrogen and oxygen atoms in total. The largest absolute Gasteiger partial charge is 0.380 e. The summed E-state index contributed by atoms with van der Waals surface area (Å²) in [7, 11) is 3.53. The first-order valence-electron chi connectivity index (χ1n) is 7.10. The standard InChI is InChI=1S/C15H21ClFN3O/c1-19(2)15(21)10-20-7-5-12(6-8-20)18-14-4-3-11(16)9-13(14)17/h3-4,9,12,18H,5-8,10H2,1-2H3. The minimum absolute atomic E-state index is 0.116. The molecule has 21 heavy (non-hydrogen) atoms. The van der Waals surface area contributed by atoms with Crippen molar-refractivity contribution in [3.05, 3.63) is 29.0 Å². The highest BCUT2D eigenvalue weighted by Gasteiger charge is 2.21. The van der Waals surface area contributed by atoms with E-state index in [4.69, 9.17) is 11.6 Å². The number of nitrogens with one attached hydrogen (secondary N) is 1. The fraction of sp³-hybridized carbons (Fsp3) is 0.533. The predicted octanol–water partition coefficient (Wildman–Crippen LogP) is 2.44. The Bertz CT molecular complexity index is 502. The zero-order valence-corrected chi connectivity index (χ0v) is 13.2.